The van der Waals surface area contributed by atoms with Crippen LogP contribution in [-0.4, -0.2) is 56.5 Å². The molecule has 3 aliphatic rings. The molecule has 0 bridgehead atoms. The average molecular weight is 433 g/mol. The smallest absolute Gasteiger partial charge is 0.229 e. The van der Waals surface area contributed by atoms with E-state index in [1.165, 1.54) is 23.2 Å². The number of carbonyl (C=O) groups is 2. The Morgan fingerprint density at radius 2 is 1.72 bits per heavy atom. The molecule has 1 N–H and O–H groups in total. The van der Waals surface area contributed by atoms with Gasteiger partial charge < -0.3 is 20.0 Å². The molecule has 2 aromatic carbocycles. The van der Waals surface area contributed by atoms with E-state index >= 15 is 0 Å². The first-order valence-corrected chi connectivity index (χ1v) is 11.7. The molecular weight excluding hydrogens is 400 g/mol. The standard InChI is InChI=1S/C26H32N4O2/c1-18-14-22(29-12-10-28(2)11-13-29)8-9-24(18)27-26(32)21-16-25(31)30(17-21)23-7-6-19-4-3-5-20(19)15-23/h6-9,14-15,21H,3-5,10-13,16-17H2,1-2H3,(H,27,32). The topological polar surface area (TPSA) is 55.9 Å². The largest absolute Gasteiger partial charge is 0.369 e. The van der Waals surface area contributed by atoms with Crippen molar-refractivity contribution >= 4 is 28.9 Å². The third kappa shape index (κ3) is 4.11. The van der Waals surface area contributed by atoms with E-state index in [1.54, 1.807) is 4.90 Å². The van der Waals surface area contributed by atoms with Crippen LogP contribution in [0.2, 0.25) is 0 Å². The lowest BCUT2D eigenvalue weighted by Crippen LogP contribution is -2.44. The predicted molar refractivity (Wildman–Crippen MR) is 128 cm³/mol. The summed E-state index contributed by atoms with van der Waals surface area (Å²) < 4.78 is 0. The summed E-state index contributed by atoms with van der Waals surface area (Å²) in [5.74, 6) is -0.366. The zero-order valence-electron chi connectivity index (χ0n) is 19.1. The van der Waals surface area contributed by atoms with Crippen molar-refractivity contribution in [3.05, 3.63) is 53.1 Å². The van der Waals surface area contributed by atoms with Crippen molar-refractivity contribution in [2.45, 2.75) is 32.6 Å². The van der Waals surface area contributed by atoms with Crippen LogP contribution in [0.4, 0.5) is 17.1 Å². The molecular formula is C26H32N4O2. The monoisotopic (exact) mass is 432 g/mol. The normalized spacial score (nSPS) is 21.2. The van der Waals surface area contributed by atoms with Gasteiger partial charge in [0, 0.05) is 56.2 Å². The molecule has 2 aliphatic heterocycles. The Labute approximate surface area is 190 Å². The lowest BCUT2D eigenvalue weighted by atomic mass is 10.1. The van der Waals surface area contributed by atoms with Crippen LogP contribution < -0.4 is 15.1 Å². The number of nitrogens with zero attached hydrogens (tertiary/aromatic N) is 3. The molecule has 0 spiro atoms. The lowest BCUT2D eigenvalue weighted by molar-refractivity contribution is -0.122. The third-order valence-electron chi connectivity index (χ3n) is 7.23. The number of benzene rings is 2. The molecule has 2 saturated heterocycles. The number of likely N-dealkylation sites (N-methyl/N-ethyl adjacent to an activating group) is 1. The summed E-state index contributed by atoms with van der Waals surface area (Å²) >= 11 is 0. The van der Waals surface area contributed by atoms with Crippen molar-refractivity contribution in [3.63, 3.8) is 0 Å². The molecule has 0 saturated carbocycles. The Kier molecular flexibility index (Phi) is 5.64. The molecule has 0 radical (unpaired) electrons. The zero-order valence-corrected chi connectivity index (χ0v) is 19.1. The summed E-state index contributed by atoms with van der Waals surface area (Å²) in [5.41, 5.74) is 6.75. The maximum Gasteiger partial charge on any atom is 0.229 e. The number of fused-ring (bicyclic) bond motifs is 1. The fraction of sp³-hybridized carbons (Fsp3) is 0.462. The van der Waals surface area contributed by atoms with Gasteiger partial charge in [-0.25, -0.2) is 0 Å². The Morgan fingerprint density at radius 3 is 2.50 bits per heavy atom. The molecule has 5 rings (SSSR count). The van der Waals surface area contributed by atoms with Gasteiger partial charge in [-0.3, -0.25) is 9.59 Å². The minimum atomic E-state index is -0.326. The number of carbonyl (C=O) groups excluding carboxylic acids is 2. The van der Waals surface area contributed by atoms with Gasteiger partial charge in [-0.05, 0) is 80.3 Å². The van der Waals surface area contributed by atoms with Gasteiger partial charge in [0.15, 0.2) is 0 Å². The molecule has 168 valence electrons. The average Bonchev–Trinajstić information content (AvgIpc) is 3.41. The molecule has 2 aromatic rings. The highest BCUT2D eigenvalue weighted by Gasteiger charge is 2.35. The Hall–Kier alpha value is -2.86. The fourth-order valence-electron chi connectivity index (χ4n) is 5.14. The summed E-state index contributed by atoms with van der Waals surface area (Å²) in [4.78, 5) is 32.2. The number of rotatable bonds is 4. The van der Waals surface area contributed by atoms with Gasteiger partial charge >= 0.3 is 0 Å². The molecule has 1 atom stereocenters. The van der Waals surface area contributed by atoms with E-state index in [0.717, 1.165) is 56.0 Å². The summed E-state index contributed by atoms with van der Waals surface area (Å²) in [5, 5.41) is 3.08. The van der Waals surface area contributed by atoms with E-state index in [2.05, 4.69) is 46.4 Å². The molecule has 1 unspecified atom stereocenters. The SMILES string of the molecule is Cc1cc(N2CCN(C)CC2)ccc1NC(=O)C1CC(=O)N(c2ccc3c(c2)CCC3)C1. The quantitative estimate of drug-likeness (QED) is 0.806. The van der Waals surface area contributed by atoms with Crippen molar-refractivity contribution in [1.82, 2.24) is 4.90 Å². The Morgan fingerprint density at radius 1 is 0.969 bits per heavy atom. The summed E-state index contributed by atoms with van der Waals surface area (Å²) in [7, 11) is 2.15. The number of amides is 2. The van der Waals surface area contributed by atoms with Crippen LogP contribution in [0.25, 0.3) is 0 Å². The van der Waals surface area contributed by atoms with Crippen LogP contribution in [0.3, 0.4) is 0 Å². The van der Waals surface area contributed by atoms with E-state index in [0.29, 0.717) is 6.54 Å². The molecule has 1 aliphatic carbocycles. The van der Waals surface area contributed by atoms with Gasteiger partial charge in [0.25, 0.3) is 0 Å². The van der Waals surface area contributed by atoms with E-state index < -0.39 is 0 Å². The van der Waals surface area contributed by atoms with E-state index in [4.69, 9.17) is 0 Å². The van der Waals surface area contributed by atoms with Crippen LogP contribution in [0.5, 0.6) is 0 Å². The van der Waals surface area contributed by atoms with Gasteiger partial charge in [0.2, 0.25) is 11.8 Å². The summed E-state index contributed by atoms with van der Waals surface area (Å²) in [6.07, 6.45) is 3.66. The fourth-order valence-corrected chi connectivity index (χ4v) is 5.14. The van der Waals surface area contributed by atoms with Crippen LogP contribution >= 0.6 is 0 Å². The van der Waals surface area contributed by atoms with Gasteiger partial charge in [-0.15, -0.1) is 0 Å². The number of hydrogen-bond acceptors (Lipinski definition) is 4. The van der Waals surface area contributed by atoms with Crippen molar-refractivity contribution in [2.75, 3.05) is 54.9 Å². The van der Waals surface area contributed by atoms with Gasteiger partial charge in [-0.1, -0.05) is 6.07 Å². The molecule has 2 amide bonds. The second-order valence-corrected chi connectivity index (χ2v) is 9.49. The number of nitrogens with one attached hydrogen (secondary N) is 1. The van der Waals surface area contributed by atoms with Gasteiger partial charge in [0.1, 0.15) is 0 Å². The van der Waals surface area contributed by atoms with Crippen LogP contribution in [-0.2, 0) is 22.4 Å². The first-order chi connectivity index (χ1) is 15.5. The summed E-state index contributed by atoms with van der Waals surface area (Å²) in [6.45, 7) is 6.64. The van der Waals surface area contributed by atoms with Crippen LogP contribution in [0.15, 0.2) is 36.4 Å². The van der Waals surface area contributed by atoms with Crippen LogP contribution in [0, 0.1) is 12.8 Å². The van der Waals surface area contributed by atoms with Crippen molar-refractivity contribution < 1.29 is 9.59 Å². The number of aryl methyl sites for hydroxylation is 3. The molecule has 0 aromatic heterocycles. The first-order valence-electron chi connectivity index (χ1n) is 11.7. The minimum Gasteiger partial charge on any atom is -0.369 e. The zero-order chi connectivity index (χ0) is 22.2. The maximum absolute atomic E-state index is 13.0. The van der Waals surface area contributed by atoms with Crippen LogP contribution in [0.1, 0.15) is 29.5 Å². The highest BCUT2D eigenvalue weighted by atomic mass is 16.2. The summed E-state index contributed by atoms with van der Waals surface area (Å²) in [6, 6.07) is 12.5. The molecule has 6 heteroatoms. The molecule has 6 nitrogen and oxygen atoms in total. The lowest BCUT2D eigenvalue weighted by Gasteiger charge is -2.34. The molecule has 2 fully saturated rings. The highest BCUT2D eigenvalue weighted by molar-refractivity contribution is 6.03. The van der Waals surface area contributed by atoms with Gasteiger partial charge in [0.05, 0.1) is 5.92 Å². The van der Waals surface area contributed by atoms with Gasteiger partial charge in [-0.2, -0.15) is 0 Å². The number of hydrogen-bond donors (Lipinski definition) is 1. The highest BCUT2D eigenvalue weighted by Crippen LogP contribution is 2.31. The van der Waals surface area contributed by atoms with Crippen molar-refractivity contribution in [1.29, 1.82) is 0 Å². The predicted octanol–water partition coefficient (Wildman–Crippen LogP) is 3.23. The van der Waals surface area contributed by atoms with E-state index in [9.17, 15) is 9.59 Å². The second kappa shape index (κ2) is 8.58. The number of piperazine rings is 1. The molecule has 32 heavy (non-hydrogen) atoms. The Bertz CT molecular complexity index is 1040. The van der Waals surface area contributed by atoms with Crippen molar-refractivity contribution in [3.8, 4) is 0 Å². The second-order valence-electron chi connectivity index (χ2n) is 9.49. The van der Waals surface area contributed by atoms with E-state index in [-0.39, 0.29) is 24.2 Å². The first kappa shape index (κ1) is 21.0. The number of anilines is 3. The minimum absolute atomic E-state index is 0.0326. The maximum atomic E-state index is 13.0. The van der Waals surface area contributed by atoms with Crippen molar-refractivity contribution in [2.24, 2.45) is 5.92 Å². The van der Waals surface area contributed by atoms with E-state index in [1.807, 2.05) is 19.1 Å². The third-order valence-corrected chi connectivity index (χ3v) is 7.23. The molecule has 2 heterocycles. The Balaban J connectivity index is 1.24.